The Kier molecular flexibility index (Phi) is 3.29. The lowest BCUT2D eigenvalue weighted by Crippen LogP contribution is -2.03. The van der Waals surface area contributed by atoms with E-state index in [0.717, 1.165) is 17.6 Å². The minimum Gasteiger partial charge on any atom is -0.331 e. The largest absolute Gasteiger partial charge is 0.331 e. The van der Waals surface area contributed by atoms with Crippen LogP contribution in [0.25, 0.3) is 11.0 Å². The molecule has 0 radical (unpaired) electrons. The van der Waals surface area contributed by atoms with E-state index in [9.17, 15) is 0 Å². The highest BCUT2D eigenvalue weighted by atomic mass is 35.5. The van der Waals surface area contributed by atoms with E-state index in [2.05, 4.69) is 23.4 Å². The summed E-state index contributed by atoms with van der Waals surface area (Å²) in [4.78, 5) is 3.14. The van der Waals surface area contributed by atoms with Gasteiger partial charge in [0.15, 0.2) is 4.77 Å². The van der Waals surface area contributed by atoms with Gasteiger partial charge in [-0.15, -0.1) is 0 Å². The molecule has 0 fully saturated rings. The maximum Gasteiger partial charge on any atom is 0.178 e. The molecule has 0 saturated heterocycles. The molecule has 1 heterocycles. The lowest BCUT2D eigenvalue weighted by molar-refractivity contribution is 0.529. The van der Waals surface area contributed by atoms with Crippen molar-refractivity contribution in [2.45, 2.75) is 20.4 Å². The molecule has 1 aromatic carbocycles. The molecule has 16 heavy (non-hydrogen) atoms. The first kappa shape index (κ1) is 12.0. The number of hydrogen-bond donors (Lipinski definition) is 1. The maximum atomic E-state index is 6.01. The molecule has 0 unspecified atom stereocenters. The van der Waals surface area contributed by atoms with Crippen LogP contribution in [-0.4, -0.2) is 9.55 Å². The summed E-state index contributed by atoms with van der Waals surface area (Å²) in [6, 6.07) is 3.67. The number of nitrogens with zero attached hydrogens (tertiary/aromatic N) is 1. The van der Waals surface area contributed by atoms with Crippen LogP contribution in [0.1, 0.15) is 13.8 Å². The zero-order valence-electron chi connectivity index (χ0n) is 9.05. The van der Waals surface area contributed by atoms with Crippen molar-refractivity contribution in [1.82, 2.24) is 9.55 Å². The SMILES string of the molecule is CC(C)Cn1c(=S)[nH]c2cc(Cl)c(Cl)cc21. The molecule has 5 heteroatoms. The molecule has 0 saturated carbocycles. The molecule has 0 spiro atoms. The maximum absolute atomic E-state index is 6.01. The Morgan fingerprint density at radius 2 is 1.94 bits per heavy atom. The van der Waals surface area contributed by atoms with Crippen molar-refractivity contribution in [1.29, 1.82) is 0 Å². The number of halogens is 2. The molecule has 0 aliphatic rings. The second-order valence-corrected chi connectivity index (χ2v) is 5.42. The molecule has 1 N–H and O–H groups in total. The van der Waals surface area contributed by atoms with E-state index in [4.69, 9.17) is 35.4 Å². The van der Waals surface area contributed by atoms with E-state index in [1.807, 2.05) is 12.1 Å². The van der Waals surface area contributed by atoms with Crippen molar-refractivity contribution in [3.63, 3.8) is 0 Å². The van der Waals surface area contributed by atoms with Gasteiger partial charge in [0.25, 0.3) is 0 Å². The number of fused-ring (bicyclic) bond motifs is 1. The number of imidazole rings is 1. The molecule has 0 atom stereocenters. The number of rotatable bonds is 2. The Morgan fingerprint density at radius 3 is 2.56 bits per heavy atom. The van der Waals surface area contributed by atoms with Gasteiger partial charge < -0.3 is 9.55 Å². The molecule has 1 aromatic heterocycles. The van der Waals surface area contributed by atoms with Crippen molar-refractivity contribution in [2.75, 3.05) is 0 Å². The number of aromatic amines is 1. The summed E-state index contributed by atoms with van der Waals surface area (Å²) in [5.74, 6) is 0.528. The number of benzene rings is 1. The van der Waals surface area contributed by atoms with Gasteiger partial charge in [0.05, 0.1) is 21.1 Å². The van der Waals surface area contributed by atoms with E-state index < -0.39 is 0 Å². The number of aromatic nitrogens is 2. The van der Waals surface area contributed by atoms with Crippen LogP contribution in [0.5, 0.6) is 0 Å². The number of H-pyrrole nitrogens is 1. The van der Waals surface area contributed by atoms with Gasteiger partial charge in [-0.05, 0) is 30.3 Å². The third-order valence-electron chi connectivity index (χ3n) is 2.36. The first-order valence-electron chi connectivity index (χ1n) is 5.06. The molecule has 86 valence electrons. The van der Waals surface area contributed by atoms with Gasteiger partial charge in [-0.2, -0.15) is 0 Å². The normalized spacial score (nSPS) is 11.6. The van der Waals surface area contributed by atoms with Crippen molar-refractivity contribution < 1.29 is 0 Å². The number of hydrogen-bond acceptors (Lipinski definition) is 1. The first-order chi connectivity index (χ1) is 7.49. The fourth-order valence-electron chi connectivity index (χ4n) is 1.70. The highest BCUT2D eigenvalue weighted by Crippen LogP contribution is 2.27. The van der Waals surface area contributed by atoms with Crippen LogP contribution in [-0.2, 0) is 6.54 Å². The fourth-order valence-corrected chi connectivity index (χ4v) is 2.30. The third-order valence-corrected chi connectivity index (χ3v) is 3.41. The van der Waals surface area contributed by atoms with Crippen LogP contribution in [0, 0.1) is 10.7 Å². The first-order valence-corrected chi connectivity index (χ1v) is 6.23. The smallest absolute Gasteiger partial charge is 0.178 e. The Hall–Kier alpha value is -0.510. The Bertz CT molecular complexity index is 583. The summed E-state index contributed by atoms with van der Waals surface area (Å²) in [6.45, 7) is 5.17. The third kappa shape index (κ3) is 2.12. The fraction of sp³-hybridized carbons (Fsp3) is 0.364. The van der Waals surface area contributed by atoms with E-state index >= 15 is 0 Å². The molecule has 0 aliphatic heterocycles. The topological polar surface area (TPSA) is 20.7 Å². The summed E-state index contributed by atoms with van der Waals surface area (Å²) in [5, 5.41) is 1.10. The zero-order valence-corrected chi connectivity index (χ0v) is 11.4. The Morgan fingerprint density at radius 1 is 1.31 bits per heavy atom. The van der Waals surface area contributed by atoms with Crippen LogP contribution < -0.4 is 0 Å². The second-order valence-electron chi connectivity index (χ2n) is 4.22. The molecule has 0 amide bonds. The molecule has 2 nitrogen and oxygen atoms in total. The van der Waals surface area contributed by atoms with E-state index in [-0.39, 0.29) is 0 Å². The van der Waals surface area contributed by atoms with Gasteiger partial charge >= 0.3 is 0 Å². The zero-order chi connectivity index (χ0) is 11.9. The molecule has 0 bridgehead atoms. The Labute approximate surface area is 109 Å². The van der Waals surface area contributed by atoms with Crippen LogP contribution in [0.4, 0.5) is 0 Å². The van der Waals surface area contributed by atoms with Crippen molar-refractivity contribution in [3.05, 3.63) is 26.9 Å². The predicted molar refractivity (Wildman–Crippen MR) is 72.0 cm³/mol. The van der Waals surface area contributed by atoms with Crippen molar-refractivity contribution in [3.8, 4) is 0 Å². The average molecular weight is 275 g/mol. The standard InChI is InChI=1S/C11H12Cl2N2S/c1-6(2)5-15-10-4-8(13)7(12)3-9(10)14-11(15)16/h3-4,6H,5H2,1-2H3,(H,14,16). The van der Waals surface area contributed by atoms with Crippen LogP contribution in [0.15, 0.2) is 12.1 Å². The van der Waals surface area contributed by atoms with Gasteiger partial charge in [-0.1, -0.05) is 37.0 Å². The van der Waals surface area contributed by atoms with Crippen molar-refractivity contribution in [2.24, 2.45) is 5.92 Å². The molecule has 2 aromatic rings. The molecular formula is C11H12Cl2N2S. The summed E-state index contributed by atoms with van der Waals surface area (Å²) >= 11 is 17.3. The molecule has 2 rings (SSSR count). The lowest BCUT2D eigenvalue weighted by atomic mass is 10.2. The monoisotopic (exact) mass is 274 g/mol. The van der Waals surface area contributed by atoms with Crippen molar-refractivity contribution >= 4 is 46.5 Å². The number of nitrogens with one attached hydrogen (secondary N) is 1. The summed E-state index contributed by atoms with van der Waals surface area (Å²) in [6.07, 6.45) is 0. The summed E-state index contributed by atoms with van der Waals surface area (Å²) in [7, 11) is 0. The van der Waals surface area contributed by atoms with Gasteiger partial charge in [-0.3, -0.25) is 0 Å². The predicted octanol–water partition coefficient (Wildman–Crippen LogP) is 4.66. The van der Waals surface area contributed by atoms with E-state index in [0.29, 0.717) is 20.7 Å². The summed E-state index contributed by atoms with van der Waals surface area (Å²) < 4.78 is 2.76. The Balaban J connectivity index is 2.69. The molecular weight excluding hydrogens is 263 g/mol. The quantitative estimate of drug-likeness (QED) is 0.790. The average Bonchev–Trinajstić information content (AvgIpc) is 2.45. The highest BCUT2D eigenvalue weighted by molar-refractivity contribution is 7.71. The highest BCUT2D eigenvalue weighted by Gasteiger charge is 2.08. The van der Waals surface area contributed by atoms with E-state index in [1.54, 1.807) is 0 Å². The van der Waals surface area contributed by atoms with Gasteiger partial charge in [0, 0.05) is 6.54 Å². The van der Waals surface area contributed by atoms with Crippen LogP contribution in [0.3, 0.4) is 0 Å². The minimum atomic E-state index is 0.528. The second kappa shape index (κ2) is 4.40. The van der Waals surface area contributed by atoms with Gasteiger partial charge in [0.1, 0.15) is 0 Å². The summed E-state index contributed by atoms with van der Waals surface area (Å²) in [5.41, 5.74) is 1.94. The lowest BCUT2D eigenvalue weighted by Gasteiger charge is -2.07. The van der Waals surface area contributed by atoms with Gasteiger partial charge in [-0.25, -0.2) is 0 Å². The van der Waals surface area contributed by atoms with Crippen LogP contribution in [0.2, 0.25) is 10.0 Å². The minimum absolute atomic E-state index is 0.528. The van der Waals surface area contributed by atoms with Gasteiger partial charge in [0.2, 0.25) is 0 Å². The van der Waals surface area contributed by atoms with Crippen LogP contribution >= 0.6 is 35.4 Å². The molecule has 0 aliphatic carbocycles. The van der Waals surface area contributed by atoms with E-state index in [1.165, 1.54) is 0 Å².